The molecule has 1 rings (SSSR count). The van der Waals surface area contributed by atoms with Crippen LogP contribution in [0.5, 0.6) is 0 Å². The van der Waals surface area contributed by atoms with Crippen molar-refractivity contribution in [3.05, 3.63) is 0 Å². The smallest absolute Gasteiger partial charge is 0.224 e. The van der Waals surface area contributed by atoms with Crippen LogP contribution in [0.2, 0.25) is 0 Å². The second-order valence-corrected chi connectivity index (χ2v) is 5.37. The van der Waals surface area contributed by atoms with E-state index >= 15 is 0 Å². The first kappa shape index (κ1) is 14.5. The van der Waals surface area contributed by atoms with Gasteiger partial charge < -0.3 is 15.8 Å². The Morgan fingerprint density at radius 3 is 2.59 bits per heavy atom. The van der Waals surface area contributed by atoms with Crippen LogP contribution in [0, 0.1) is 11.8 Å². The molecule has 1 aliphatic carbocycles. The molecule has 0 spiro atoms. The normalized spacial score (nSPS) is 26.9. The average Bonchev–Trinajstić information content (AvgIpc) is 2.28. The van der Waals surface area contributed by atoms with Crippen molar-refractivity contribution < 1.29 is 9.53 Å². The predicted octanol–water partition coefficient (Wildman–Crippen LogP) is 1.29. The molecule has 1 saturated carbocycles. The molecule has 0 aromatic carbocycles. The highest BCUT2D eigenvalue weighted by molar-refractivity contribution is 5.79. The molecule has 17 heavy (non-hydrogen) atoms. The van der Waals surface area contributed by atoms with Crippen molar-refractivity contribution in [1.82, 2.24) is 5.32 Å². The lowest BCUT2D eigenvalue weighted by molar-refractivity contribution is -0.128. The maximum absolute atomic E-state index is 12.2. The van der Waals surface area contributed by atoms with E-state index in [1.807, 2.05) is 0 Å². The summed E-state index contributed by atoms with van der Waals surface area (Å²) < 4.78 is 5.13. The van der Waals surface area contributed by atoms with Crippen LogP contribution in [0.1, 0.15) is 39.5 Å². The van der Waals surface area contributed by atoms with Crippen LogP contribution in [0.25, 0.3) is 0 Å². The van der Waals surface area contributed by atoms with Gasteiger partial charge in [-0.2, -0.15) is 0 Å². The molecule has 1 aliphatic rings. The molecule has 0 aromatic heterocycles. The Morgan fingerprint density at radius 2 is 2.06 bits per heavy atom. The van der Waals surface area contributed by atoms with Crippen molar-refractivity contribution in [3.63, 3.8) is 0 Å². The van der Waals surface area contributed by atoms with Gasteiger partial charge in [0.15, 0.2) is 0 Å². The molecule has 0 radical (unpaired) electrons. The van der Waals surface area contributed by atoms with Crippen molar-refractivity contribution in [3.8, 4) is 0 Å². The number of hydrogen-bond donors (Lipinski definition) is 2. The van der Waals surface area contributed by atoms with Gasteiger partial charge >= 0.3 is 0 Å². The Bertz CT molecular complexity index is 244. The molecule has 0 aliphatic heterocycles. The molecule has 0 saturated heterocycles. The molecule has 0 bridgehead atoms. The van der Waals surface area contributed by atoms with Crippen LogP contribution in [0.15, 0.2) is 0 Å². The minimum Gasteiger partial charge on any atom is -0.383 e. The van der Waals surface area contributed by atoms with Crippen LogP contribution < -0.4 is 11.1 Å². The van der Waals surface area contributed by atoms with E-state index in [0.29, 0.717) is 12.5 Å². The third-order valence-corrected chi connectivity index (χ3v) is 3.63. The summed E-state index contributed by atoms with van der Waals surface area (Å²) in [5, 5.41) is 3.07. The van der Waals surface area contributed by atoms with E-state index in [-0.39, 0.29) is 23.9 Å². The Morgan fingerprint density at radius 1 is 1.41 bits per heavy atom. The van der Waals surface area contributed by atoms with E-state index in [9.17, 15) is 4.79 Å². The van der Waals surface area contributed by atoms with Crippen LogP contribution in [0.4, 0.5) is 0 Å². The van der Waals surface area contributed by atoms with Gasteiger partial charge in [0.25, 0.3) is 0 Å². The topological polar surface area (TPSA) is 64.3 Å². The Balaban J connectivity index is 2.50. The van der Waals surface area contributed by atoms with Gasteiger partial charge in [0.2, 0.25) is 5.91 Å². The summed E-state index contributed by atoms with van der Waals surface area (Å²) in [6.07, 6.45) is 4.15. The number of nitrogens with one attached hydrogen (secondary N) is 1. The summed E-state index contributed by atoms with van der Waals surface area (Å²) in [5.74, 6) is 0.466. The number of nitrogens with two attached hydrogens (primary N) is 1. The van der Waals surface area contributed by atoms with E-state index in [1.165, 1.54) is 0 Å². The fourth-order valence-electron chi connectivity index (χ4n) is 2.36. The Hall–Kier alpha value is -0.610. The lowest BCUT2D eigenvalue weighted by Gasteiger charge is -2.30. The second-order valence-electron chi connectivity index (χ2n) is 5.37. The van der Waals surface area contributed by atoms with Crippen molar-refractivity contribution in [2.45, 2.75) is 51.6 Å². The highest BCUT2D eigenvalue weighted by atomic mass is 16.5. The number of carbonyl (C=O) groups excluding carboxylic acids is 1. The van der Waals surface area contributed by atoms with Gasteiger partial charge in [-0.3, -0.25) is 4.79 Å². The van der Waals surface area contributed by atoms with E-state index < -0.39 is 0 Å². The van der Waals surface area contributed by atoms with Crippen molar-refractivity contribution in [2.24, 2.45) is 17.6 Å². The van der Waals surface area contributed by atoms with Crippen LogP contribution in [-0.4, -0.2) is 31.7 Å². The summed E-state index contributed by atoms with van der Waals surface area (Å²) >= 11 is 0. The van der Waals surface area contributed by atoms with E-state index in [0.717, 1.165) is 25.7 Å². The van der Waals surface area contributed by atoms with Crippen molar-refractivity contribution >= 4 is 5.91 Å². The minimum absolute atomic E-state index is 0.0122. The van der Waals surface area contributed by atoms with Crippen LogP contribution in [0.3, 0.4) is 0 Å². The van der Waals surface area contributed by atoms with Crippen molar-refractivity contribution in [1.29, 1.82) is 0 Å². The number of rotatable bonds is 5. The maximum Gasteiger partial charge on any atom is 0.224 e. The zero-order valence-corrected chi connectivity index (χ0v) is 11.2. The average molecular weight is 242 g/mol. The molecule has 1 fully saturated rings. The molecule has 100 valence electrons. The van der Waals surface area contributed by atoms with E-state index in [4.69, 9.17) is 10.5 Å². The molecule has 3 N–H and O–H groups in total. The third kappa shape index (κ3) is 4.28. The third-order valence-electron chi connectivity index (χ3n) is 3.63. The fourth-order valence-corrected chi connectivity index (χ4v) is 2.36. The van der Waals surface area contributed by atoms with Crippen molar-refractivity contribution in [2.75, 3.05) is 13.7 Å². The summed E-state index contributed by atoms with van der Waals surface area (Å²) in [4.78, 5) is 12.2. The minimum atomic E-state index is -0.0122. The Labute approximate surface area is 104 Å². The first-order valence-electron chi connectivity index (χ1n) is 6.61. The molecule has 4 heteroatoms. The maximum atomic E-state index is 12.2. The highest BCUT2D eigenvalue weighted by Crippen LogP contribution is 2.23. The Kier molecular flexibility index (Phi) is 5.92. The molecule has 3 atom stereocenters. The van der Waals surface area contributed by atoms with Gasteiger partial charge in [-0.15, -0.1) is 0 Å². The summed E-state index contributed by atoms with van der Waals surface area (Å²) in [6.45, 7) is 4.74. The van der Waals surface area contributed by atoms with Crippen LogP contribution >= 0.6 is 0 Å². The number of methoxy groups -OCH3 is 1. The lowest BCUT2D eigenvalue weighted by atomic mass is 9.84. The zero-order chi connectivity index (χ0) is 12.8. The second kappa shape index (κ2) is 6.97. The van der Waals surface area contributed by atoms with E-state index in [2.05, 4.69) is 19.2 Å². The predicted molar refractivity (Wildman–Crippen MR) is 68.6 cm³/mol. The monoisotopic (exact) mass is 242 g/mol. The molecule has 0 heterocycles. The van der Waals surface area contributed by atoms with E-state index in [1.54, 1.807) is 7.11 Å². The molecule has 4 nitrogen and oxygen atoms in total. The molecule has 0 aromatic rings. The first-order chi connectivity index (χ1) is 8.06. The van der Waals surface area contributed by atoms with Gasteiger partial charge in [0, 0.05) is 13.2 Å². The summed E-state index contributed by atoms with van der Waals surface area (Å²) in [5.41, 5.74) is 6.01. The number of hydrogen-bond acceptors (Lipinski definition) is 3. The standard InChI is InChI=1S/C13H26N2O2/c1-9(2)12(8-17-3)15-13(16)10-6-4-5-7-11(10)14/h9-12H,4-8,14H2,1-3H3,(H,15,16). The molecule has 3 unspecified atom stereocenters. The van der Waals surface area contributed by atoms with Crippen LogP contribution in [-0.2, 0) is 9.53 Å². The number of ether oxygens (including phenoxy) is 1. The van der Waals surface area contributed by atoms with Gasteiger partial charge in [-0.05, 0) is 18.8 Å². The first-order valence-corrected chi connectivity index (χ1v) is 6.61. The summed E-state index contributed by atoms with van der Waals surface area (Å²) in [6, 6.07) is 0.112. The molecule has 1 amide bonds. The number of amides is 1. The molecular formula is C13H26N2O2. The lowest BCUT2D eigenvalue weighted by Crippen LogP contribution is -2.49. The summed E-state index contributed by atoms with van der Waals surface area (Å²) in [7, 11) is 1.66. The van der Waals surface area contributed by atoms with Gasteiger partial charge in [0.1, 0.15) is 0 Å². The SMILES string of the molecule is COCC(NC(=O)C1CCCCC1N)C(C)C. The highest BCUT2D eigenvalue weighted by Gasteiger charge is 2.29. The number of carbonyl (C=O) groups is 1. The van der Waals surface area contributed by atoms with Gasteiger partial charge in [-0.25, -0.2) is 0 Å². The van der Waals surface area contributed by atoms with Gasteiger partial charge in [0.05, 0.1) is 18.6 Å². The quantitative estimate of drug-likeness (QED) is 0.763. The zero-order valence-electron chi connectivity index (χ0n) is 11.2. The van der Waals surface area contributed by atoms with Gasteiger partial charge in [-0.1, -0.05) is 26.7 Å². The largest absolute Gasteiger partial charge is 0.383 e. The fraction of sp³-hybridized carbons (Fsp3) is 0.923. The molecular weight excluding hydrogens is 216 g/mol.